The standard InChI is InChI=1S/C15H21F2NO3/c1-11-3-4-13(9-12(11)2)21-8-5-15(20)18(6-7-19)10-14(16)17/h3-4,9,14,19H,5-8,10H2,1-2H3. The van der Waals surface area contributed by atoms with Gasteiger partial charge in [-0.05, 0) is 37.1 Å². The lowest BCUT2D eigenvalue weighted by Gasteiger charge is -2.21. The van der Waals surface area contributed by atoms with E-state index in [2.05, 4.69) is 0 Å². The maximum Gasteiger partial charge on any atom is 0.255 e. The molecule has 0 radical (unpaired) electrons. The average Bonchev–Trinajstić information content (AvgIpc) is 2.41. The summed E-state index contributed by atoms with van der Waals surface area (Å²) in [4.78, 5) is 12.7. The summed E-state index contributed by atoms with van der Waals surface area (Å²) in [6.45, 7) is 2.97. The van der Waals surface area contributed by atoms with E-state index in [9.17, 15) is 13.6 Å². The molecule has 1 aromatic carbocycles. The summed E-state index contributed by atoms with van der Waals surface area (Å²) in [6.07, 6.45) is -2.61. The van der Waals surface area contributed by atoms with Crippen LogP contribution in [-0.2, 0) is 4.79 Å². The second-order valence-corrected chi connectivity index (χ2v) is 4.80. The van der Waals surface area contributed by atoms with Gasteiger partial charge in [0, 0.05) is 6.54 Å². The third-order valence-corrected chi connectivity index (χ3v) is 3.14. The zero-order valence-corrected chi connectivity index (χ0v) is 12.3. The minimum atomic E-state index is -2.61. The highest BCUT2D eigenvalue weighted by molar-refractivity contribution is 5.76. The van der Waals surface area contributed by atoms with E-state index in [-0.39, 0.29) is 26.2 Å². The summed E-state index contributed by atoms with van der Waals surface area (Å²) in [6, 6.07) is 5.59. The second-order valence-electron chi connectivity index (χ2n) is 4.80. The van der Waals surface area contributed by atoms with Gasteiger partial charge in [-0.2, -0.15) is 0 Å². The number of benzene rings is 1. The van der Waals surface area contributed by atoms with Gasteiger partial charge in [0.1, 0.15) is 5.75 Å². The molecule has 0 spiro atoms. The van der Waals surface area contributed by atoms with Gasteiger partial charge in [0.15, 0.2) is 0 Å². The van der Waals surface area contributed by atoms with E-state index in [4.69, 9.17) is 9.84 Å². The Morgan fingerprint density at radius 2 is 2.05 bits per heavy atom. The molecular weight excluding hydrogens is 280 g/mol. The molecule has 1 rings (SSSR count). The lowest BCUT2D eigenvalue weighted by atomic mass is 10.1. The van der Waals surface area contributed by atoms with Crippen molar-refractivity contribution in [3.05, 3.63) is 29.3 Å². The zero-order chi connectivity index (χ0) is 15.8. The fourth-order valence-corrected chi connectivity index (χ4v) is 1.82. The molecule has 118 valence electrons. The summed E-state index contributed by atoms with van der Waals surface area (Å²) >= 11 is 0. The van der Waals surface area contributed by atoms with E-state index < -0.39 is 18.9 Å². The molecule has 0 aliphatic rings. The van der Waals surface area contributed by atoms with Crippen LogP contribution < -0.4 is 4.74 Å². The highest BCUT2D eigenvalue weighted by Crippen LogP contribution is 2.16. The van der Waals surface area contributed by atoms with Crippen LogP contribution >= 0.6 is 0 Å². The van der Waals surface area contributed by atoms with E-state index in [1.165, 1.54) is 0 Å². The maximum absolute atomic E-state index is 12.3. The molecule has 1 amide bonds. The molecule has 0 aliphatic heterocycles. The molecule has 0 bridgehead atoms. The van der Waals surface area contributed by atoms with Crippen LogP contribution in [0.3, 0.4) is 0 Å². The second kappa shape index (κ2) is 8.56. The quantitative estimate of drug-likeness (QED) is 0.800. The van der Waals surface area contributed by atoms with Crippen molar-refractivity contribution in [3.8, 4) is 5.75 Å². The van der Waals surface area contributed by atoms with Gasteiger partial charge in [0.25, 0.3) is 6.43 Å². The minimum absolute atomic E-state index is 0.000353. The number of carbonyl (C=O) groups is 1. The number of nitrogens with zero attached hydrogens (tertiary/aromatic N) is 1. The van der Waals surface area contributed by atoms with Gasteiger partial charge in [-0.25, -0.2) is 8.78 Å². The zero-order valence-electron chi connectivity index (χ0n) is 12.3. The number of alkyl halides is 2. The molecule has 0 fully saturated rings. The van der Waals surface area contributed by atoms with Crippen LogP contribution in [-0.4, -0.2) is 48.6 Å². The van der Waals surface area contributed by atoms with Crippen molar-refractivity contribution < 1.29 is 23.4 Å². The molecule has 4 nitrogen and oxygen atoms in total. The third kappa shape index (κ3) is 6.08. The summed E-state index contributed by atoms with van der Waals surface area (Å²) in [7, 11) is 0. The molecule has 21 heavy (non-hydrogen) atoms. The lowest BCUT2D eigenvalue weighted by Crippen LogP contribution is -2.37. The minimum Gasteiger partial charge on any atom is -0.493 e. The Morgan fingerprint density at radius 3 is 2.62 bits per heavy atom. The number of rotatable bonds is 8. The monoisotopic (exact) mass is 301 g/mol. The first-order valence-electron chi connectivity index (χ1n) is 6.81. The number of aliphatic hydroxyl groups excluding tert-OH is 1. The van der Waals surface area contributed by atoms with Crippen molar-refractivity contribution >= 4 is 5.91 Å². The molecule has 0 unspecified atom stereocenters. The Balaban J connectivity index is 2.45. The molecule has 1 aromatic rings. The molecule has 0 aromatic heterocycles. The highest BCUT2D eigenvalue weighted by atomic mass is 19.3. The molecule has 0 saturated carbocycles. The van der Waals surface area contributed by atoms with Gasteiger partial charge in [-0.3, -0.25) is 4.79 Å². The smallest absolute Gasteiger partial charge is 0.255 e. The van der Waals surface area contributed by atoms with Gasteiger partial charge in [-0.1, -0.05) is 6.07 Å². The number of halogens is 2. The summed E-state index contributed by atoms with van der Waals surface area (Å²) in [5, 5.41) is 8.79. The van der Waals surface area contributed by atoms with E-state index in [1.54, 1.807) is 6.07 Å². The van der Waals surface area contributed by atoms with E-state index >= 15 is 0 Å². The molecule has 0 heterocycles. The number of aryl methyl sites for hydroxylation is 2. The average molecular weight is 301 g/mol. The normalized spacial score (nSPS) is 10.8. The van der Waals surface area contributed by atoms with E-state index in [0.717, 1.165) is 16.0 Å². The molecule has 6 heteroatoms. The summed E-state index contributed by atoms with van der Waals surface area (Å²) in [5.74, 6) is 0.196. The Hall–Kier alpha value is -1.69. The van der Waals surface area contributed by atoms with Crippen LogP contribution in [0.2, 0.25) is 0 Å². The Labute approximate surface area is 123 Å². The van der Waals surface area contributed by atoms with Crippen molar-refractivity contribution in [1.82, 2.24) is 4.90 Å². The van der Waals surface area contributed by atoms with Crippen LogP contribution in [0.1, 0.15) is 17.5 Å². The SMILES string of the molecule is Cc1ccc(OCCC(=O)N(CCO)CC(F)F)cc1C. The van der Waals surface area contributed by atoms with Crippen LogP contribution in [0.5, 0.6) is 5.75 Å². The van der Waals surface area contributed by atoms with Crippen molar-refractivity contribution in [3.63, 3.8) is 0 Å². The van der Waals surface area contributed by atoms with E-state index in [0.29, 0.717) is 5.75 Å². The van der Waals surface area contributed by atoms with Gasteiger partial charge in [-0.15, -0.1) is 0 Å². The van der Waals surface area contributed by atoms with Gasteiger partial charge < -0.3 is 14.7 Å². The van der Waals surface area contributed by atoms with Crippen molar-refractivity contribution in [2.24, 2.45) is 0 Å². The number of ether oxygens (including phenoxy) is 1. The van der Waals surface area contributed by atoms with Crippen LogP contribution in [0.15, 0.2) is 18.2 Å². The highest BCUT2D eigenvalue weighted by Gasteiger charge is 2.17. The van der Waals surface area contributed by atoms with Crippen LogP contribution in [0.25, 0.3) is 0 Å². The lowest BCUT2D eigenvalue weighted by molar-refractivity contribution is -0.134. The summed E-state index contributed by atoms with van der Waals surface area (Å²) in [5.41, 5.74) is 2.22. The number of hydrogen-bond acceptors (Lipinski definition) is 3. The number of aliphatic hydroxyl groups is 1. The first kappa shape index (κ1) is 17.4. The molecule has 0 saturated heterocycles. The Bertz CT molecular complexity index is 466. The molecule has 0 aliphatic carbocycles. The predicted molar refractivity (Wildman–Crippen MR) is 75.7 cm³/mol. The van der Waals surface area contributed by atoms with Crippen molar-refractivity contribution in [2.45, 2.75) is 26.7 Å². The van der Waals surface area contributed by atoms with E-state index in [1.807, 2.05) is 26.0 Å². The number of hydrogen-bond donors (Lipinski definition) is 1. The third-order valence-electron chi connectivity index (χ3n) is 3.14. The maximum atomic E-state index is 12.3. The van der Waals surface area contributed by atoms with Gasteiger partial charge in [0.05, 0.1) is 26.2 Å². The van der Waals surface area contributed by atoms with Crippen molar-refractivity contribution in [1.29, 1.82) is 0 Å². The topological polar surface area (TPSA) is 49.8 Å². The molecular formula is C15H21F2NO3. The molecule has 1 N–H and O–H groups in total. The predicted octanol–water partition coefficient (Wildman–Crippen LogP) is 2.16. The van der Waals surface area contributed by atoms with Crippen molar-refractivity contribution in [2.75, 3.05) is 26.3 Å². The first-order chi connectivity index (χ1) is 9.93. The Morgan fingerprint density at radius 1 is 1.33 bits per heavy atom. The molecule has 0 atom stereocenters. The Kier molecular flexibility index (Phi) is 7.08. The fourth-order valence-electron chi connectivity index (χ4n) is 1.82. The van der Waals surface area contributed by atoms with Crippen LogP contribution in [0, 0.1) is 13.8 Å². The van der Waals surface area contributed by atoms with Gasteiger partial charge in [0.2, 0.25) is 5.91 Å². The largest absolute Gasteiger partial charge is 0.493 e. The number of amides is 1. The number of carbonyl (C=O) groups excluding carboxylic acids is 1. The van der Waals surface area contributed by atoms with Gasteiger partial charge >= 0.3 is 0 Å². The first-order valence-corrected chi connectivity index (χ1v) is 6.81. The van der Waals surface area contributed by atoms with Crippen LogP contribution in [0.4, 0.5) is 8.78 Å². The fraction of sp³-hybridized carbons (Fsp3) is 0.533. The summed E-state index contributed by atoms with van der Waals surface area (Å²) < 4.78 is 30.1.